The number of rotatable bonds is 4. The van der Waals surface area contributed by atoms with Gasteiger partial charge in [-0.05, 0) is 49.2 Å². The predicted molar refractivity (Wildman–Crippen MR) is 122 cm³/mol. The van der Waals surface area contributed by atoms with Crippen molar-refractivity contribution >= 4 is 29.0 Å². The van der Waals surface area contributed by atoms with Gasteiger partial charge in [-0.1, -0.05) is 54.6 Å². The summed E-state index contributed by atoms with van der Waals surface area (Å²) in [6.07, 6.45) is 2.02. The van der Waals surface area contributed by atoms with Gasteiger partial charge >= 0.3 is 5.84 Å². The molecule has 3 N–H and O–H groups in total. The number of fused-ring (bicyclic) bond motifs is 1. The second kappa shape index (κ2) is 9.68. The second-order valence-corrected chi connectivity index (χ2v) is 11.0. The van der Waals surface area contributed by atoms with Crippen LogP contribution in [-0.4, -0.2) is 28.1 Å². The van der Waals surface area contributed by atoms with Crippen molar-refractivity contribution in [3.8, 4) is 0 Å². The zero-order valence-electron chi connectivity index (χ0n) is 17.0. The van der Waals surface area contributed by atoms with Gasteiger partial charge in [0.1, 0.15) is 15.9 Å². The zero-order valence-corrected chi connectivity index (χ0v) is 21.1. The van der Waals surface area contributed by atoms with E-state index in [4.69, 9.17) is 5.73 Å². The Kier molecular flexibility index (Phi) is 7.41. The van der Waals surface area contributed by atoms with E-state index in [1.807, 2.05) is 18.2 Å². The number of hydrogen-bond donors (Lipinski definition) is 2. The lowest BCUT2D eigenvalue weighted by Crippen LogP contribution is -3.00. The number of nitrogens with zero attached hydrogens (tertiary/aromatic N) is 1. The molecule has 3 nitrogen and oxygen atoms in total. The summed E-state index contributed by atoms with van der Waals surface area (Å²) in [7, 11) is -2.34. The van der Waals surface area contributed by atoms with Gasteiger partial charge in [-0.3, -0.25) is 5.73 Å². The average molecular weight is 560 g/mol. The van der Waals surface area contributed by atoms with E-state index < -0.39 is 7.26 Å². The molecule has 2 heterocycles. The molecule has 1 fully saturated rings. The maximum Gasteiger partial charge on any atom is 0.316 e. The lowest BCUT2D eigenvalue weighted by atomic mass is 10.2. The van der Waals surface area contributed by atoms with Crippen molar-refractivity contribution in [1.82, 2.24) is 0 Å². The van der Waals surface area contributed by atoms with Crippen LogP contribution in [0.5, 0.6) is 0 Å². The molecule has 0 radical (unpaired) electrons. The van der Waals surface area contributed by atoms with Crippen LogP contribution >= 0.6 is 7.26 Å². The summed E-state index contributed by atoms with van der Waals surface area (Å²) in [4.78, 5) is 0. The van der Waals surface area contributed by atoms with Crippen molar-refractivity contribution in [3.63, 3.8) is 0 Å². The fourth-order valence-corrected chi connectivity index (χ4v) is 9.39. The minimum atomic E-state index is -2.34. The second-order valence-electron chi connectivity index (χ2n) is 7.65. The molecule has 2 aliphatic rings. The third-order valence-electron chi connectivity index (χ3n) is 6.13. The Morgan fingerprint density at radius 2 is 1.16 bits per heavy atom. The van der Waals surface area contributed by atoms with E-state index >= 15 is 0 Å². The Labute approximate surface area is 205 Å². The Hall–Kier alpha value is -1.94. The number of benzene rings is 3. The summed E-state index contributed by atoms with van der Waals surface area (Å²) in [5, 5.41) is 16.1. The Bertz CT molecular complexity index is 1010. The molecule has 6 heteroatoms. The van der Waals surface area contributed by atoms with Gasteiger partial charge in [0.25, 0.3) is 0 Å². The molecule has 0 bridgehead atoms. The SMILES string of the molecule is NC1=[N+]2CCC[C@@H]2C(O)=C1[P+](c1ccccc1)(c1ccccc1)c1ccccc1.[Br-].[Br-]. The summed E-state index contributed by atoms with van der Waals surface area (Å²) in [5.41, 5.74) is 6.81. The largest absolute Gasteiger partial charge is 1.00 e. The molecule has 2 aliphatic heterocycles. The van der Waals surface area contributed by atoms with Crippen LogP contribution in [0.4, 0.5) is 0 Å². The summed E-state index contributed by atoms with van der Waals surface area (Å²) in [6, 6.07) is 31.8. The highest BCUT2D eigenvalue weighted by Gasteiger charge is 2.59. The summed E-state index contributed by atoms with van der Waals surface area (Å²) in [6.45, 7) is 0.905. The van der Waals surface area contributed by atoms with Crippen LogP contribution in [0.15, 0.2) is 102 Å². The van der Waals surface area contributed by atoms with Crippen LogP contribution in [0.3, 0.4) is 0 Å². The highest BCUT2D eigenvalue weighted by atomic mass is 79.9. The van der Waals surface area contributed by atoms with E-state index in [1.165, 1.54) is 15.9 Å². The molecule has 5 rings (SSSR count). The summed E-state index contributed by atoms with van der Waals surface area (Å²) >= 11 is 0. The minimum Gasteiger partial charge on any atom is -1.00 e. The standard InChI is InChI=1S/C25H23N2OP.2BrH/c26-25-24(23(28)22-17-10-18-27(22)25)29(19-11-4-1-5-12-19,20-13-6-2-7-14-20)21-15-8-3-9-16-21;;/h1-9,11-16,22H,10,17-18H2,(H-,26,28);2*1H/t22-;;/m1../s1. The van der Waals surface area contributed by atoms with Crippen LogP contribution in [0.1, 0.15) is 12.8 Å². The maximum absolute atomic E-state index is 11.5. The number of aliphatic hydroxyl groups excluding tert-OH is 1. The molecule has 160 valence electrons. The van der Waals surface area contributed by atoms with E-state index in [1.54, 1.807) is 0 Å². The summed E-state index contributed by atoms with van der Waals surface area (Å²) in [5.74, 6) is 1.21. The number of hydrogen-bond acceptors (Lipinski definition) is 2. The van der Waals surface area contributed by atoms with Crippen molar-refractivity contribution in [2.75, 3.05) is 6.54 Å². The molecule has 0 unspecified atom stereocenters. The van der Waals surface area contributed by atoms with Gasteiger partial charge in [-0.2, -0.15) is 0 Å². The Balaban J connectivity index is 0.00000136. The average Bonchev–Trinajstić information content (AvgIpc) is 3.36. The normalized spacial score (nSPS) is 17.7. The van der Waals surface area contributed by atoms with Crippen molar-refractivity contribution in [3.05, 3.63) is 102 Å². The Morgan fingerprint density at radius 1 is 0.742 bits per heavy atom. The van der Waals surface area contributed by atoms with Gasteiger partial charge in [0.15, 0.2) is 19.1 Å². The fourth-order valence-electron chi connectivity index (χ4n) is 4.90. The van der Waals surface area contributed by atoms with Crippen LogP contribution in [0.25, 0.3) is 0 Å². The first-order valence-electron chi connectivity index (χ1n) is 10.1. The molecular weight excluding hydrogens is 535 g/mol. The Morgan fingerprint density at radius 3 is 1.55 bits per heavy atom. The maximum atomic E-state index is 11.5. The molecule has 0 spiro atoms. The van der Waals surface area contributed by atoms with Gasteiger partial charge in [0, 0.05) is 0 Å². The topological polar surface area (TPSA) is 49.3 Å². The monoisotopic (exact) mass is 558 g/mol. The lowest BCUT2D eigenvalue weighted by Gasteiger charge is -2.27. The molecular formula is C25H25Br2N2OP. The summed E-state index contributed by atoms with van der Waals surface area (Å²) < 4.78 is 2.20. The van der Waals surface area contributed by atoms with Crippen LogP contribution in [0, 0.1) is 0 Å². The van der Waals surface area contributed by atoms with Crippen molar-refractivity contribution in [2.24, 2.45) is 5.73 Å². The highest BCUT2D eigenvalue weighted by Crippen LogP contribution is 2.64. The zero-order chi connectivity index (χ0) is 19.8. The number of halogens is 2. The first-order chi connectivity index (χ1) is 14.2. The van der Waals surface area contributed by atoms with Crippen molar-refractivity contribution in [2.45, 2.75) is 18.9 Å². The third kappa shape index (κ3) is 3.67. The van der Waals surface area contributed by atoms with Gasteiger partial charge < -0.3 is 39.1 Å². The molecule has 3 aromatic rings. The van der Waals surface area contributed by atoms with Gasteiger partial charge in [0.05, 0.1) is 6.54 Å². The third-order valence-corrected chi connectivity index (χ3v) is 10.5. The smallest absolute Gasteiger partial charge is 0.316 e. The molecule has 1 atom stereocenters. The first-order valence-corrected chi connectivity index (χ1v) is 11.9. The number of aliphatic hydroxyl groups is 1. The van der Waals surface area contributed by atoms with Crippen LogP contribution in [-0.2, 0) is 0 Å². The van der Waals surface area contributed by atoms with Gasteiger partial charge in [-0.15, -0.1) is 0 Å². The van der Waals surface area contributed by atoms with E-state index in [2.05, 4.69) is 77.4 Å². The molecule has 31 heavy (non-hydrogen) atoms. The predicted octanol–water partition coefficient (Wildman–Crippen LogP) is -2.70. The lowest BCUT2D eigenvalue weighted by molar-refractivity contribution is -0.534. The molecule has 0 saturated carbocycles. The van der Waals surface area contributed by atoms with Gasteiger partial charge in [-0.25, -0.2) is 4.58 Å². The molecule has 0 aliphatic carbocycles. The van der Waals surface area contributed by atoms with Crippen LogP contribution in [0.2, 0.25) is 0 Å². The van der Waals surface area contributed by atoms with E-state index in [0.717, 1.165) is 30.5 Å². The number of amidine groups is 1. The van der Waals surface area contributed by atoms with E-state index in [0.29, 0.717) is 5.76 Å². The molecule has 1 saturated heterocycles. The first kappa shape index (κ1) is 23.7. The molecule has 0 aromatic heterocycles. The fraction of sp³-hybridized carbons (Fsp3) is 0.160. The van der Waals surface area contributed by atoms with Crippen molar-refractivity contribution < 1.29 is 43.6 Å². The molecule has 0 amide bonds. The minimum absolute atomic E-state index is 0. The quantitative estimate of drug-likeness (QED) is 0.270. The number of nitrogens with two attached hydrogens (primary N) is 1. The van der Waals surface area contributed by atoms with E-state index in [-0.39, 0.29) is 40.0 Å². The van der Waals surface area contributed by atoms with Crippen molar-refractivity contribution in [1.29, 1.82) is 0 Å². The highest BCUT2D eigenvalue weighted by molar-refractivity contribution is 7.99. The molecule has 3 aromatic carbocycles. The van der Waals surface area contributed by atoms with Gasteiger partial charge in [0.2, 0.25) is 5.31 Å². The van der Waals surface area contributed by atoms with Crippen LogP contribution < -0.4 is 55.6 Å². The van der Waals surface area contributed by atoms with E-state index in [9.17, 15) is 5.11 Å².